The summed E-state index contributed by atoms with van der Waals surface area (Å²) in [6.07, 6.45) is 7.94. The van der Waals surface area contributed by atoms with Gasteiger partial charge in [-0.15, -0.1) is 0 Å². The highest BCUT2D eigenvalue weighted by atomic mass is 15.2. The fraction of sp³-hybridized carbons (Fsp3) is 1.00. The minimum absolute atomic E-state index is 0.167. The Morgan fingerprint density at radius 1 is 1.14 bits per heavy atom. The van der Waals surface area contributed by atoms with E-state index in [1.807, 2.05) is 0 Å². The largest absolute Gasteiger partial charge is 0.324 e. The lowest BCUT2D eigenvalue weighted by atomic mass is 9.76. The molecule has 1 aliphatic heterocycles. The van der Waals surface area contributed by atoms with Gasteiger partial charge in [0.2, 0.25) is 0 Å². The Labute approximate surface area is 87.8 Å². The molecule has 0 spiro atoms. The van der Waals surface area contributed by atoms with Crippen molar-refractivity contribution < 1.29 is 0 Å². The summed E-state index contributed by atoms with van der Waals surface area (Å²) in [7, 11) is 0. The molecule has 1 saturated carbocycles. The maximum Gasteiger partial charge on any atom is 0.0283 e. The maximum atomic E-state index is 6.32. The van der Waals surface area contributed by atoms with Crippen molar-refractivity contribution in [2.24, 2.45) is 5.73 Å². The van der Waals surface area contributed by atoms with Crippen LogP contribution in [0.15, 0.2) is 0 Å². The maximum absolute atomic E-state index is 6.32. The number of rotatable bonds is 2. The van der Waals surface area contributed by atoms with Crippen molar-refractivity contribution in [1.29, 1.82) is 0 Å². The van der Waals surface area contributed by atoms with Crippen molar-refractivity contribution in [1.82, 2.24) is 4.90 Å². The Kier molecular flexibility index (Phi) is 2.85. The highest BCUT2D eigenvalue weighted by Gasteiger charge is 2.37. The van der Waals surface area contributed by atoms with Crippen LogP contribution in [0.5, 0.6) is 0 Å². The normalized spacial score (nSPS) is 37.9. The third kappa shape index (κ3) is 1.96. The minimum atomic E-state index is 0.167. The van der Waals surface area contributed by atoms with Gasteiger partial charge in [-0.2, -0.15) is 0 Å². The van der Waals surface area contributed by atoms with Crippen molar-refractivity contribution in [2.45, 2.75) is 70.0 Å². The summed E-state index contributed by atoms with van der Waals surface area (Å²) in [5.41, 5.74) is 6.48. The molecular weight excluding hydrogens is 172 g/mol. The third-order valence-electron chi connectivity index (χ3n) is 4.22. The van der Waals surface area contributed by atoms with Crippen LogP contribution in [0.1, 0.15) is 52.4 Å². The summed E-state index contributed by atoms with van der Waals surface area (Å²) in [4.78, 5) is 2.64. The molecule has 2 heteroatoms. The average molecular weight is 196 g/mol. The second-order valence-electron chi connectivity index (χ2n) is 5.52. The van der Waals surface area contributed by atoms with E-state index in [9.17, 15) is 0 Å². The van der Waals surface area contributed by atoms with E-state index in [0.717, 1.165) is 18.6 Å². The molecule has 0 unspecified atom stereocenters. The van der Waals surface area contributed by atoms with Crippen LogP contribution < -0.4 is 5.73 Å². The number of nitrogens with two attached hydrogens (primary N) is 1. The van der Waals surface area contributed by atoms with Crippen LogP contribution in [-0.4, -0.2) is 29.1 Å². The number of likely N-dealkylation sites (tertiary alicyclic amines) is 1. The smallest absolute Gasteiger partial charge is 0.0283 e. The van der Waals surface area contributed by atoms with Crippen LogP contribution in [0, 0.1) is 0 Å². The van der Waals surface area contributed by atoms with Crippen LogP contribution in [0.25, 0.3) is 0 Å². The van der Waals surface area contributed by atoms with Gasteiger partial charge >= 0.3 is 0 Å². The quantitative estimate of drug-likeness (QED) is 0.733. The topological polar surface area (TPSA) is 29.3 Å². The molecule has 0 radical (unpaired) electrons. The van der Waals surface area contributed by atoms with Gasteiger partial charge in [0.1, 0.15) is 0 Å². The second-order valence-corrected chi connectivity index (χ2v) is 5.52. The molecule has 1 saturated heterocycles. The molecule has 2 rings (SSSR count). The molecular formula is C12H24N2. The first-order valence-electron chi connectivity index (χ1n) is 6.15. The van der Waals surface area contributed by atoms with Crippen molar-refractivity contribution in [3.8, 4) is 0 Å². The SMILES string of the molecule is C[C@@H]1CCC[C@H](C)N1CC1(N)CCC1. The zero-order chi connectivity index (χ0) is 10.2. The molecule has 2 aliphatic rings. The molecule has 1 heterocycles. The minimum Gasteiger partial charge on any atom is -0.324 e. The first kappa shape index (κ1) is 10.4. The Balaban J connectivity index is 1.93. The van der Waals surface area contributed by atoms with Gasteiger partial charge in [-0.3, -0.25) is 4.90 Å². The molecule has 0 aromatic carbocycles. The van der Waals surface area contributed by atoms with E-state index in [2.05, 4.69) is 18.7 Å². The zero-order valence-electron chi connectivity index (χ0n) is 9.63. The van der Waals surface area contributed by atoms with Crippen molar-refractivity contribution in [3.05, 3.63) is 0 Å². The van der Waals surface area contributed by atoms with E-state index in [1.54, 1.807) is 0 Å². The summed E-state index contributed by atoms with van der Waals surface area (Å²) < 4.78 is 0. The van der Waals surface area contributed by atoms with E-state index in [-0.39, 0.29) is 5.54 Å². The van der Waals surface area contributed by atoms with Crippen molar-refractivity contribution in [2.75, 3.05) is 6.54 Å². The number of hydrogen-bond acceptors (Lipinski definition) is 2. The average Bonchev–Trinajstić information content (AvgIpc) is 2.09. The lowest BCUT2D eigenvalue weighted by Gasteiger charge is -2.47. The van der Waals surface area contributed by atoms with Crippen LogP contribution in [0.2, 0.25) is 0 Å². The molecule has 2 atom stereocenters. The van der Waals surface area contributed by atoms with E-state index in [0.29, 0.717) is 0 Å². The van der Waals surface area contributed by atoms with Crippen LogP contribution in [0.4, 0.5) is 0 Å². The standard InChI is InChI=1S/C12H24N2/c1-10-5-3-6-11(2)14(10)9-12(13)7-4-8-12/h10-11H,3-9,13H2,1-2H3/t10-,11+. The molecule has 0 aromatic rings. The summed E-state index contributed by atoms with van der Waals surface area (Å²) >= 11 is 0. The Morgan fingerprint density at radius 3 is 2.14 bits per heavy atom. The van der Waals surface area contributed by atoms with E-state index < -0.39 is 0 Å². The van der Waals surface area contributed by atoms with Crippen LogP contribution in [0.3, 0.4) is 0 Å². The fourth-order valence-electron chi connectivity index (χ4n) is 2.94. The van der Waals surface area contributed by atoms with Crippen LogP contribution in [-0.2, 0) is 0 Å². The molecule has 2 fully saturated rings. The highest BCUT2D eigenvalue weighted by molar-refractivity contribution is 4.97. The van der Waals surface area contributed by atoms with Gasteiger partial charge in [-0.05, 0) is 46.0 Å². The summed E-state index contributed by atoms with van der Waals surface area (Å²) in [6, 6.07) is 1.50. The lowest BCUT2D eigenvalue weighted by molar-refractivity contribution is 0.0518. The molecule has 0 bridgehead atoms. The van der Waals surface area contributed by atoms with Gasteiger partial charge in [-0.1, -0.05) is 6.42 Å². The molecule has 2 N–H and O–H groups in total. The predicted octanol–water partition coefficient (Wildman–Crippen LogP) is 2.13. The second kappa shape index (κ2) is 3.82. The fourth-order valence-corrected chi connectivity index (χ4v) is 2.94. The molecule has 1 aliphatic carbocycles. The summed E-state index contributed by atoms with van der Waals surface area (Å²) in [6.45, 7) is 5.85. The molecule has 82 valence electrons. The molecule has 0 aromatic heterocycles. The molecule has 14 heavy (non-hydrogen) atoms. The predicted molar refractivity (Wildman–Crippen MR) is 60.3 cm³/mol. The summed E-state index contributed by atoms with van der Waals surface area (Å²) in [5, 5.41) is 0. The Morgan fingerprint density at radius 2 is 1.71 bits per heavy atom. The van der Waals surface area contributed by atoms with Gasteiger partial charge in [0.25, 0.3) is 0 Å². The zero-order valence-corrected chi connectivity index (χ0v) is 9.63. The lowest BCUT2D eigenvalue weighted by Crippen LogP contribution is -2.59. The Bertz CT molecular complexity index is 188. The molecule has 2 nitrogen and oxygen atoms in total. The van der Waals surface area contributed by atoms with E-state index >= 15 is 0 Å². The van der Waals surface area contributed by atoms with Gasteiger partial charge in [0.05, 0.1) is 0 Å². The van der Waals surface area contributed by atoms with Crippen LogP contribution >= 0.6 is 0 Å². The van der Waals surface area contributed by atoms with Gasteiger partial charge in [0.15, 0.2) is 0 Å². The highest BCUT2D eigenvalue weighted by Crippen LogP contribution is 2.33. The molecule has 0 amide bonds. The number of nitrogens with zero attached hydrogens (tertiary/aromatic N) is 1. The number of piperidine rings is 1. The first-order chi connectivity index (χ1) is 6.61. The van der Waals surface area contributed by atoms with Gasteiger partial charge in [0, 0.05) is 24.2 Å². The monoisotopic (exact) mass is 196 g/mol. The Hall–Kier alpha value is -0.0800. The third-order valence-corrected chi connectivity index (χ3v) is 4.22. The van der Waals surface area contributed by atoms with Gasteiger partial charge in [-0.25, -0.2) is 0 Å². The van der Waals surface area contributed by atoms with Crippen molar-refractivity contribution >= 4 is 0 Å². The van der Waals surface area contributed by atoms with E-state index in [4.69, 9.17) is 5.73 Å². The number of hydrogen-bond donors (Lipinski definition) is 1. The van der Waals surface area contributed by atoms with Crippen molar-refractivity contribution in [3.63, 3.8) is 0 Å². The van der Waals surface area contributed by atoms with E-state index in [1.165, 1.54) is 38.5 Å². The van der Waals surface area contributed by atoms with Gasteiger partial charge < -0.3 is 5.73 Å². The summed E-state index contributed by atoms with van der Waals surface area (Å²) in [5.74, 6) is 0. The first-order valence-corrected chi connectivity index (χ1v) is 6.15.